The summed E-state index contributed by atoms with van der Waals surface area (Å²) in [6.45, 7) is 5.18. The third kappa shape index (κ3) is 3.98. The first-order valence-electron chi connectivity index (χ1n) is 14.3. The topological polar surface area (TPSA) is 65.1 Å². The zero-order valence-corrected chi connectivity index (χ0v) is 23.3. The molecule has 2 aliphatic rings. The molecule has 4 heterocycles. The van der Waals surface area contributed by atoms with E-state index in [0.29, 0.717) is 24.3 Å². The van der Waals surface area contributed by atoms with Gasteiger partial charge in [0.2, 0.25) is 0 Å². The number of aromatic nitrogens is 4. The third-order valence-corrected chi connectivity index (χ3v) is 9.18. The molecule has 5 aromatic rings. The minimum absolute atomic E-state index is 0.0789. The average Bonchev–Trinajstić information content (AvgIpc) is 3.72. The first-order chi connectivity index (χ1) is 19.4. The van der Waals surface area contributed by atoms with Crippen molar-refractivity contribution >= 4 is 21.9 Å². The molecule has 2 fully saturated rings. The normalized spacial score (nSPS) is 18.8. The lowest BCUT2D eigenvalue weighted by atomic mass is 9.86. The minimum Gasteiger partial charge on any atom is -0.385 e. The smallest absolute Gasteiger partial charge is 0.153 e. The fraction of sp³-hybridized carbons (Fsp3) is 0.394. The van der Waals surface area contributed by atoms with Crippen LogP contribution in [-0.2, 0) is 17.4 Å². The van der Waals surface area contributed by atoms with Crippen molar-refractivity contribution in [1.82, 2.24) is 19.3 Å². The maximum Gasteiger partial charge on any atom is 0.153 e. The van der Waals surface area contributed by atoms with Gasteiger partial charge in [0.15, 0.2) is 5.82 Å². The van der Waals surface area contributed by atoms with E-state index in [9.17, 15) is 5.11 Å². The van der Waals surface area contributed by atoms with Crippen LogP contribution in [0.25, 0.3) is 33.2 Å². The van der Waals surface area contributed by atoms with Crippen molar-refractivity contribution in [1.29, 1.82) is 0 Å². The predicted octanol–water partition coefficient (Wildman–Crippen LogP) is 6.67. The maximum atomic E-state index is 16.9. The number of benzene rings is 2. The van der Waals surface area contributed by atoms with E-state index in [1.165, 1.54) is 0 Å². The Bertz CT molecular complexity index is 1690. The molecule has 40 heavy (non-hydrogen) atoms. The number of halogens is 1. The molecule has 3 aromatic heterocycles. The summed E-state index contributed by atoms with van der Waals surface area (Å²) in [5.74, 6) is -0.0158. The van der Waals surface area contributed by atoms with Crippen molar-refractivity contribution in [2.24, 2.45) is 18.9 Å². The molecule has 7 rings (SSSR count). The van der Waals surface area contributed by atoms with Crippen molar-refractivity contribution < 1.29 is 14.2 Å². The summed E-state index contributed by atoms with van der Waals surface area (Å²) in [4.78, 5) is 4.95. The molecular formula is C33H35FN4O2. The van der Waals surface area contributed by atoms with Gasteiger partial charge in [0.25, 0.3) is 0 Å². The van der Waals surface area contributed by atoms with E-state index in [-0.39, 0.29) is 23.7 Å². The van der Waals surface area contributed by atoms with Crippen LogP contribution in [0, 0.1) is 24.6 Å². The number of hydrogen-bond donors (Lipinski definition) is 1. The fourth-order valence-corrected chi connectivity index (χ4v) is 6.91. The Morgan fingerprint density at radius 3 is 2.48 bits per heavy atom. The van der Waals surface area contributed by atoms with Crippen LogP contribution in [0.1, 0.15) is 55.3 Å². The zero-order chi connectivity index (χ0) is 27.6. The lowest BCUT2D eigenvalue weighted by Gasteiger charge is -2.33. The van der Waals surface area contributed by atoms with Gasteiger partial charge < -0.3 is 14.4 Å². The third-order valence-electron chi connectivity index (χ3n) is 9.18. The van der Waals surface area contributed by atoms with Crippen molar-refractivity contribution in [3.05, 3.63) is 83.4 Å². The Hall–Kier alpha value is -3.55. The lowest BCUT2D eigenvalue weighted by Crippen LogP contribution is -2.28. The number of rotatable bonds is 6. The summed E-state index contributed by atoms with van der Waals surface area (Å²) < 4.78 is 26.7. The first kappa shape index (κ1) is 25.4. The van der Waals surface area contributed by atoms with Crippen LogP contribution >= 0.6 is 0 Å². The highest BCUT2D eigenvalue weighted by Crippen LogP contribution is 2.48. The summed E-state index contributed by atoms with van der Waals surface area (Å²) in [7, 11) is 1.93. The van der Waals surface area contributed by atoms with E-state index in [2.05, 4.69) is 40.0 Å². The molecule has 0 spiro atoms. The summed E-state index contributed by atoms with van der Waals surface area (Å²) in [5, 5.41) is 16.7. The van der Waals surface area contributed by atoms with Crippen molar-refractivity contribution in [2.45, 2.75) is 51.2 Å². The molecule has 0 radical (unpaired) electrons. The standard InChI is InChI=1S/C33H35FN4O2/c1-20-18-36-37(3)30(20)23-17-27-29(35-19-23)25-11-12-26(33(2,39)24-9-10-24)28(34)32(25)38(27)31(21-7-5-4-6-8-21)22-13-15-40-16-14-22/h4-8,11-12,17-19,22,24,31,39H,9-10,13-16H2,1-3H3/t31-,33+/m1/s1. The first-order valence-corrected chi connectivity index (χ1v) is 14.3. The molecule has 0 bridgehead atoms. The van der Waals surface area contributed by atoms with Crippen molar-refractivity contribution in [3.63, 3.8) is 0 Å². The molecule has 0 amide bonds. The molecule has 0 unspecified atom stereocenters. The Balaban J connectivity index is 1.57. The van der Waals surface area contributed by atoms with Gasteiger partial charge in [-0.3, -0.25) is 9.67 Å². The fourth-order valence-electron chi connectivity index (χ4n) is 6.91. The molecule has 6 nitrogen and oxygen atoms in total. The molecule has 2 aromatic carbocycles. The van der Waals surface area contributed by atoms with Gasteiger partial charge >= 0.3 is 0 Å². The van der Waals surface area contributed by atoms with Crippen molar-refractivity contribution in [2.75, 3.05) is 13.2 Å². The van der Waals surface area contributed by atoms with E-state index in [1.54, 1.807) is 13.0 Å². The van der Waals surface area contributed by atoms with Gasteiger partial charge in [-0.15, -0.1) is 0 Å². The molecular weight excluding hydrogens is 503 g/mol. The highest BCUT2D eigenvalue weighted by atomic mass is 19.1. The van der Waals surface area contributed by atoms with E-state index < -0.39 is 5.60 Å². The minimum atomic E-state index is -1.22. The van der Waals surface area contributed by atoms with E-state index in [4.69, 9.17) is 9.72 Å². The van der Waals surface area contributed by atoms with Crippen LogP contribution in [0.5, 0.6) is 0 Å². The number of fused-ring (bicyclic) bond motifs is 3. The van der Waals surface area contributed by atoms with Crippen LogP contribution < -0.4 is 0 Å². The van der Waals surface area contributed by atoms with Gasteiger partial charge in [0.1, 0.15) is 0 Å². The van der Waals surface area contributed by atoms with Gasteiger partial charge in [-0.05, 0) is 68.6 Å². The Morgan fingerprint density at radius 1 is 1.05 bits per heavy atom. The number of ether oxygens (including phenoxy) is 1. The number of pyridine rings is 1. The van der Waals surface area contributed by atoms with Crippen LogP contribution in [0.15, 0.2) is 60.9 Å². The SMILES string of the molecule is Cc1cnn(C)c1-c1cnc2c3ccc([C@@](C)(O)C4CC4)c(F)c3n([C@H](c3ccccc3)C3CCOCC3)c2c1. The predicted molar refractivity (Wildman–Crippen MR) is 155 cm³/mol. The van der Waals surface area contributed by atoms with Gasteiger partial charge in [-0.1, -0.05) is 42.5 Å². The van der Waals surface area contributed by atoms with Crippen LogP contribution in [0.2, 0.25) is 0 Å². The van der Waals surface area contributed by atoms with Gasteiger partial charge in [-0.25, -0.2) is 4.39 Å². The number of aryl methyl sites for hydroxylation is 2. The summed E-state index contributed by atoms with van der Waals surface area (Å²) in [6.07, 6.45) is 7.32. The van der Waals surface area contributed by atoms with Crippen LogP contribution in [0.3, 0.4) is 0 Å². The molecule has 1 saturated heterocycles. The zero-order valence-electron chi connectivity index (χ0n) is 23.3. The second kappa shape index (κ2) is 9.53. The number of hydrogen-bond acceptors (Lipinski definition) is 4. The summed E-state index contributed by atoms with van der Waals surface area (Å²) >= 11 is 0. The second-order valence-corrected chi connectivity index (χ2v) is 11.8. The molecule has 7 heteroatoms. The Labute approximate surface area is 233 Å². The maximum absolute atomic E-state index is 16.9. The van der Waals surface area contributed by atoms with E-state index in [0.717, 1.165) is 64.5 Å². The van der Waals surface area contributed by atoms with Gasteiger partial charge in [0.05, 0.1) is 40.1 Å². The molecule has 1 N–H and O–H groups in total. The van der Waals surface area contributed by atoms with Crippen LogP contribution in [-0.4, -0.2) is 37.7 Å². The highest BCUT2D eigenvalue weighted by Gasteiger charge is 2.43. The number of nitrogens with zero attached hydrogens (tertiary/aromatic N) is 4. The average molecular weight is 539 g/mol. The summed E-state index contributed by atoms with van der Waals surface area (Å²) in [6, 6.07) is 16.2. The van der Waals surface area contributed by atoms with Gasteiger partial charge in [-0.2, -0.15) is 5.10 Å². The van der Waals surface area contributed by atoms with E-state index in [1.807, 2.05) is 43.2 Å². The lowest BCUT2D eigenvalue weighted by molar-refractivity contribution is 0.0297. The Kier molecular flexibility index (Phi) is 6.06. The van der Waals surface area contributed by atoms with Crippen molar-refractivity contribution in [3.8, 4) is 11.3 Å². The molecule has 1 saturated carbocycles. The number of aliphatic hydroxyl groups is 1. The molecule has 1 aliphatic heterocycles. The molecule has 1 aliphatic carbocycles. The molecule has 2 atom stereocenters. The van der Waals surface area contributed by atoms with Gasteiger partial charge in [0, 0.05) is 43.0 Å². The van der Waals surface area contributed by atoms with Crippen LogP contribution in [0.4, 0.5) is 4.39 Å². The Morgan fingerprint density at radius 2 is 1.80 bits per heavy atom. The summed E-state index contributed by atoms with van der Waals surface area (Å²) in [5.41, 5.74) is 5.44. The quantitative estimate of drug-likeness (QED) is 0.262. The van der Waals surface area contributed by atoms with E-state index >= 15 is 4.39 Å². The highest BCUT2D eigenvalue weighted by molar-refractivity contribution is 6.07. The monoisotopic (exact) mass is 538 g/mol. The largest absolute Gasteiger partial charge is 0.385 e. The second-order valence-electron chi connectivity index (χ2n) is 11.8. The molecule has 206 valence electrons.